The Morgan fingerprint density at radius 3 is 2.26 bits per heavy atom. The van der Waals surface area contributed by atoms with Crippen LogP contribution in [0, 0.1) is 0 Å². The van der Waals surface area contributed by atoms with E-state index in [1.54, 1.807) is 0 Å². The Morgan fingerprint density at radius 1 is 1.17 bits per heavy atom. The molecule has 0 spiro atoms. The number of nitrogens with one attached hydrogen (secondary N) is 1. The molecule has 0 aromatic heterocycles. The highest BCUT2D eigenvalue weighted by Crippen LogP contribution is 2.21. The van der Waals surface area contributed by atoms with Gasteiger partial charge < -0.3 is 10.2 Å². The first-order chi connectivity index (χ1) is 10.8. The summed E-state index contributed by atoms with van der Waals surface area (Å²) >= 11 is 3.31. The summed E-state index contributed by atoms with van der Waals surface area (Å²) < 4.78 is 38.0. The second kappa shape index (κ2) is 7.33. The van der Waals surface area contributed by atoms with E-state index in [1.807, 2.05) is 24.3 Å². The van der Waals surface area contributed by atoms with Gasteiger partial charge in [-0.15, -0.1) is 0 Å². The van der Waals surface area contributed by atoms with Gasteiger partial charge >= 0.3 is 12.1 Å². The molecule has 0 saturated carbocycles. The summed E-state index contributed by atoms with van der Waals surface area (Å²) in [4.78, 5) is 23.9. The Balaban J connectivity index is 1.79. The molecular weight excluding hydrogens is 377 g/mol. The van der Waals surface area contributed by atoms with Gasteiger partial charge in [0.2, 0.25) is 5.91 Å². The van der Waals surface area contributed by atoms with Gasteiger partial charge in [0, 0.05) is 23.6 Å². The molecule has 1 aromatic carbocycles. The number of likely N-dealkylation sites (tertiary alicyclic amines) is 1. The zero-order valence-electron chi connectivity index (χ0n) is 12.2. The Labute approximate surface area is 140 Å². The van der Waals surface area contributed by atoms with Gasteiger partial charge in [0.15, 0.2) is 0 Å². The molecule has 1 saturated heterocycles. The van der Waals surface area contributed by atoms with Crippen LogP contribution in [0.25, 0.3) is 0 Å². The number of alkyl halides is 3. The lowest BCUT2D eigenvalue weighted by Gasteiger charge is -2.32. The standard InChI is InChI=1S/C15H16BrF3N2O2/c16-11-3-1-10(2-4-11)9-13(22)20-12-5-7-21(8-6-12)14(23)15(17,18)19/h1-4,12H,5-9H2,(H,20,22). The van der Waals surface area contributed by atoms with Crippen LogP contribution in [-0.4, -0.2) is 42.0 Å². The minimum absolute atomic E-state index is 0.00156. The summed E-state index contributed by atoms with van der Waals surface area (Å²) in [6, 6.07) is 7.13. The summed E-state index contributed by atoms with van der Waals surface area (Å²) in [6.07, 6.45) is -3.96. The second-order valence-corrected chi connectivity index (χ2v) is 6.35. The van der Waals surface area contributed by atoms with E-state index in [0.717, 1.165) is 14.9 Å². The van der Waals surface area contributed by atoms with Crippen molar-refractivity contribution in [3.05, 3.63) is 34.3 Å². The zero-order valence-corrected chi connectivity index (χ0v) is 13.8. The quantitative estimate of drug-likeness (QED) is 0.859. The predicted molar refractivity (Wildman–Crippen MR) is 81.6 cm³/mol. The fraction of sp³-hybridized carbons (Fsp3) is 0.467. The third-order valence-electron chi connectivity index (χ3n) is 3.67. The molecule has 126 valence electrons. The molecule has 1 N–H and O–H groups in total. The third kappa shape index (κ3) is 5.23. The first-order valence-corrected chi connectivity index (χ1v) is 7.95. The lowest BCUT2D eigenvalue weighted by atomic mass is 10.0. The van der Waals surface area contributed by atoms with Gasteiger partial charge in [-0.3, -0.25) is 9.59 Å². The third-order valence-corrected chi connectivity index (χ3v) is 4.20. The van der Waals surface area contributed by atoms with E-state index in [-0.39, 0.29) is 31.5 Å². The number of hydrogen-bond donors (Lipinski definition) is 1. The fourth-order valence-corrected chi connectivity index (χ4v) is 2.74. The lowest BCUT2D eigenvalue weighted by Crippen LogP contribution is -2.50. The van der Waals surface area contributed by atoms with Crippen molar-refractivity contribution < 1.29 is 22.8 Å². The van der Waals surface area contributed by atoms with Crippen LogP contribution in [0.1, 0.15) is 18.4 Å². The van der Waals surface area contributed by atoms with Crippen molar-refractivity contribution in [2.45, 2.75) is 31.5 Å². The van der Waals surface area contributed by atoms with Crippen molar-refractivity contribution in [1.29, 1.82) is 0 Å². The number of carbonyl (C=O) groups excluding carboxylic acids is 2. The van der Waals surface area contributed by atoms with E-state index in [9.17, 15) is 22.8 Å². The highest BCUT2D eigenvalue weighted by atomic mass is 79.9. The molecule has 0 radical (unpaired) electrons. The molecule has 1 fully saturated rings. The van der Waals surface area contributed by atoms with Crippen LogP contribution in [0.3, 0.4) is 0 Å². The normalized spacial score (nSPS) is 16.3. The van der Waals surface area contributed by atoms with E-state index in [4.69, 9.17) is 0 Å². The van der Waals surface area contributed by atoms with Crippen LogP contribution in [0.2, 0.25) is 0 Å². The van der Waals surface area contributed by atoms with E-state index >= 15 is 0 Å². The van der Waals surface area contributed by atoms with Crippen LogP contribution in [0.5, 0.6) is 0 Å². The number of halogens is 4. The Kier molecular flexibility index (Phi) is 5.67. The van der Waals surface area contributed by atoms with Crippen molar-refractivity contribution in [2.24, 2.45) is 0 Å². The van der Waals surface area contributed by atoms with Gasteiger partial charge in [-0.2, -0.15) is 13.2 Å². The molecule has 0 atom stereocenters. The maximum atomic E-state index is 12.3. The summed E-state index contributed by atoms with van der Waals surface area (Å²) in [6.45, 7) is 0.00312. The van der Waals surface area contributed by atoms with Gasteiger partial charge in [0.05, 0.1) is 6.42 Å². The molecule has 0 bridgehead atoms. The lowest BCUT2D eigenvalue weighted by molar-refractivity contribution is -0.186. The average molecular weight is 393 g/mol. The molecule has 4 nitrogen and oxygen atoms in total. The summed E-state index contributed by atoms with van der Waals surface area (Å²) in [5.41, 5.74) is 0.857. The van der Waals surface area contributed by atoms with Crippen LogP contribution in [-0.2, 0) is 16.0 Å². The van der Waals surface area contributed by atoms with Crippen molar-refractivity contribution in [3.8, 4) is 0 Å². The molecule has 2 rings (SSSR count). The number of rotatable bonds is 3. The molecule has 23 heavy (non-hydrogen) atoms. The maximum absolute atomic E-state index is 12.3. The molecule has 2 amide bonds. The first kappa shape index (κ1) is 17.8. The number of piperidine rings is 1. The van der Waals surface area contributed by atoms with Gasteiger partial charge in [0.25, 0.3) is 0 Å². The van der Waals surface area contributed by atoms with Crippen molar-refractivity contribution in [3.63, 3.8) is 0 Å². The number of carbonyl (C=O) groups is 2. The van der Waals surface area contributed by atoms with E-state index in [2.05, 4.69) is 21.2 Å². The molecular formula is C15H16BrF3N2O2. The Morgan fingerprint density at radius 2 is 1.74 bits per heavy atom. The summed E-state index contributed by atoms with van der Waals surface area (Å²) in [7, 11) is 0. The molecule has 8 heteroatoms. The van der Waals surface area contributed by atoms with Gasteiger partial charge in [-0.25, -0.2) is 0 Å². The number of benzene rings is 1. The monoisotopic (exact) mass is 392 g/mol. The number of nitrogens with zero attached hydrogens (tertiary/aromatic N) is 1. The largest absolute Gasteiger partial charge is 0.471 e. The van der Waals surface area contributed by atoms with Crippen molar-refractivity contribution in [1.82, 2.24) is 10.2 Å². The van der Waals surface area contributed by atoms with Crippen LogP contribution >= 0.6 is 15.9 Å². The van der Waals surface area contributed by atoms with Gasteiger partial charge in [0.1, 0.15) is 0 Å². The topological polar surface area (TPSA) is 49.4 Å². The van der Waals surface area contributed by atoms with E-state index in [0.29, 0.717) is 12.8 Å². The SMILES string of the molecule is O=C(Cc1ccc(Br)cc1)NC1CCN(C(=O)C(F)(F)F)CC1. The molecule has 0 aliphatic carbocycles. The Bertz CT molecular complexity index is 567. The first-order valence-electron chi connectivity index (χ1n) is 7.15. The minimum Gasteiger partial charge on any atom is -0.353 e. The van der Waals surface area contributed by atoms with Crippen molar-refractivity contribution in [2.75, 3.05) is 13.1 Å². The van der Waals surface area contributed by atoms with Gasteiger partial charge in [-0.1, -0.05) is 28.1 Å². The summed E-state index contributed by atoms with van der Waals surface area (Å²) in [5.74, 6) is -1.98. The second-order valence-electron chi connectivity index (χ2n) is 5.43. The average Bonchev–Trinajstić information content (AvgIpc) is 2.49. The van der Waals surface area contributed by atoms with E-state index < -0.39 is 12.1 Å². The summed E-state index contributed by atoms with van der Waals surface area (Å²) in [5, 5.41) is 2.81. The smallest absolute Gasteiger partial charge is 0.353 e. The zero-order chi connectivity index (χ0) is 17.0. The fourth-order valence-electron chi connectivity index (χ4n) is 2.47. The highest BCUT2D eigenvalue weighted by Gasteiger charge is 2.43. The molecule has 1 aliphatic rings. The molecule has 1 aliphatic heterocycles. The van der Waals surface area contributed by atoms with Crippen molar-refractivity contribution >= 4 is 27.7 Å². The predicted octanol–water partition coefficient (Wildman–Crippen LogP) is 2.66. The maximum Gasteiger partial charge on any atom is 0.471 e. The minimum atomic E-state index is -4.84. The molecule has 0 unspecified atom stereocenters. The van der Waals surface area contributed by atoms with E-state index in [1.165, 1.54) is 0 Å². The number of amides is 2. The highest BCUT2D eigenvalue weighted by molar-refractivity contribution is 9.10. The molecule has 1 aromatic rings. The molecule has 1 heterocycles. The van der Waals surface area contributed by atoms with Crippen LogP contribution < -0.4 is 5.32 Å². The Hall–Kier alpha value is -1.57. The number of hydrogen-bond acceptors (Lipinski definition) is 2. The van der Waals surface area contributed by atoms with Gasteiger partial charge in [-0.05, 0) is 30.5 Å². The van der Waals surface area contributed by atoms with Crippen LogP contribution in [0.15, 0.2) is 28.7 Å². The van der Waals surface area contributed by atoms with Crippen LogP contribution in [0.4, 0.5) is 13.2 Å².